The van der Waals surface area contributed by atoms with Crippen molar-refractivity contribution in [2.75, 3.05) is 13.1 Å². The van der Waals surface area contributed by atoms with Crippen LogP contribution in [-0.2, 0) is 4.79 Å². The number of benzene rings is 1. The largest absolute Gasteiger partial charge is 0.388 e. The van der Waals surface area contributed by atoms with Crippen molar-refractivity contribution < 1.29 is 9.90 Å². The molecule has 1 unspecified atom stereocenters. The molecule has 1 aromatic carbocycles. The van der Waals surface area contributed by atoms with E-state index in [-0.39, 0.29) is 17.5 Å². The number of hydrogen-bond acceptors (Lipinski definition) is 4. The molecule has 2 heterocycles. The van der Waals surface area contributed by atoms with E-state index in [1.165, 1.54) is 32.1 Å². The molecule has 6 nitrogen and oxygen atoms in total. The first-order valence-electron chi connectivity index (χ1n) is 12.6. The van der Waals surface area contributed by atoms with Gasteiger partial charge in [-0.05, 0) is 31.6 Å². The summed E-state index contributed by atoms with van der Waals surface area (Å²) in [5.41, 5.74) is 0.357. The molecular weight excluding hydrogens is 414 g/mol. The van der Waals surface area contributed by atoms with Gasteiger partial charge in [-0.2, -0.15) is 0 Å². The van der Waals surface area contributed by atoms with Crippen LogP contribution in [0.2, 0.25) is 0 Å². The Bertz CT molecular complexity index is 974. The van der Waals surface area contributed by atoms with Crippen LogP contribution in [0.4, 0.5) is 0 Å². The molecule has 2 aliphatic rings. The maximum Gasteiger partial charge on any atom is 0.254 e. The van der Waals surface area contributed by atoms with E-state index in [0.717, 1.165) is 12.0 Å². The lowest BCUT2D eigenvalue weighted by Crippen LogP contribution is -2.52. The predicted octanol–water partition coefficient (Wildman–Crippen LogP) is 4.58. The molecule has 1 N–H and O–H groups in total. The molecule has 1 amide bonds. The van der Waals surface area contributed by atoms with Gasteiger partial charge in [-0.15, -0.1) is 0 Å². The van der Waals surface area contributed by atoms with Crippen molar-refractivity contribution in [3.63, 3.8) is 0 Å². The minimum atomic E-state index is -1.02. The average molecular weight is 452 g/mol. The highest BCUT2D eigenvalue weighted by Crippen LogP contribution is 2.35. The van der Waals surface area contributed by atoms with Crippen LogP contribution in [0.3, 0.4) is 0 Å². The monoisotopic (exact) mass is 451 g/mol. The van der Waals surface area contributed by atoms with Crippen molar-refractivity contribution in [1.82, 2.24) is 14.5 Å². The third-order valence-corrected chi connectivity index (χ3v) is 7.72. The van der Waals surface area contributed by atoms with E-state index >= 15 is 0 Å². The van der Waals surface area contributed by atoms with Gasteiger partial charge >= 0.3 is 0 Å². The van der Waals surface area contributed by atoms with Crippen molar-refractivity contribution in [2.45, 2.75) is 82.8 Å². The second-order valence-corrected chi connectivity index (χ2v) is 9.84. The van der Waals surface area contributed by atoms with Crippen molar-refractivity contribution >= 4 is 5.91 Å². The second kappa shape index (κ2) is 10.6. The van der Waals surface area contributed by atoms with Crippen LogP contribution >= 0.6 is 0 Å². The molecule has 0 radical (unpaired) electrons. The molecule has 1 saturated heterocycles. The number of likely N-dealkylation sites (tertiary alicyclic amines) is 1. The summed E-state index contributed by atoms with van der Waals surface area (Å²) in [5.74, 6) is 0.911. The number of carbonyl (C=O) groups is 1. The zero-order valence-electron chi connectivity index (χ0n) is 19.8. The van der Waals surface area contributed by atoms with E-state index < -0.39 is 5.60 Å². The fourth-order valence-corrected chi connectivity index (χ4v) is 5.68. The molecule has 0 bridgehead atoms. The first-order chi connectivity index (χ1) is 16.0. The highest BCUT2D eigenvalue weighted by atomic mass is 16.3. The molecule has 1 saturated carbocycles. The van der Waals surface area contributed by atoms with Gasteiger partial charge in [0.25, 0.3) is 5.56 Å². The summed E-state index contributed by atoms with van der Waals surface area (Å²) in [6.07, 6.45) is 11.2. The Labute approximate surface area is 196 Å². The van der Waals surface area contributed by atoms with Gasteiger partial charge in [-0.3, -0.25) is 14.2 Å². The number of piperidine rings is 1. The van der Waals surface area contributed by atoms with E-state index in [9.17, 15) is 14.7 Å². The van der Waals surface area contributed by atoms with Gasteiger partial charge in [0.15, 0.2) is 0 Å². The molecule has 2 aromatic rings. The lowest BCUT2D eigenvalue weighted by atomic mass is 9.82. The number of aliphatic hydroxyl groups is 1. The maximum atomic E-state index is 13.0. The van der Waals surface area contributed by atoms with Crippen LogP contribution in [0.25, 0.3) is 11.3 Å². The van der Waals surface area contributed by atoms with Crippen molar-refractivity contribution in [3.05, 3.63) is 53.1 Å². The Morgan fingerprint density at radius 1 is 1.15 bits per heavy atom. The highest BCUT2D eigenvalue weighted by molar-refractivity contribution is 5.76. The van der Waals surface area contributed by atoms with Gasteiger partial charge in [0.05, 0.1) is 23.7 Å². The van der Waals surface area contributed by atoms with Crippen LogP contribution in [0.15, 0.2) is 47.5 Å². The zero-order chi connectivity index (χ0) is 23.3. The highest BCUT2D eigenvalue weighted by Gasteiger charge is 2.41. The fraction of sp³-hybridized carbons (Fsp3) is 0.593. The second-order valence-electron chi connectivity index (χ2n) is 9.84. The summed E-state index contributed by atoms with van der Waals surface area (Å²) in [4.78, 5) is 32.1. The third kappa shape index (κ3) is 5.55. The molecule has 4 rings (SSSR count). The van der Waals surface area contributed by atoms with Crippen molar-refractivity contribution in [2.24, 2.45) is 5.92 Å². The standard InChI is InChI=1S/C27H37N3O3/c1-2-24(30-20-28-23(19-26(30)32)22-11-7-4-8-12-22)27(33)15-17-29(18-16-27)25(31)14-13-21-9-5-3-6-10-21/h4,7-8,11-12,19-21,24,33H,2-3,5-6,9-10,13-18H2,1H3. The Kier molecular flexibility index (Phi) is 7.63. The van der Waals surface area contributed by atoms with Gasteiger partial charge in [0, 0.05) is 31.1 Å². The number of aromatic nitrogens is 2. The van der Waals surface area contributed by atoms with Crippen LogP contribution in [-0.4, -0.2) is 44.2 Å². The molecule has 0 spiro atoms. The zero-order valence-corrected chi connectivity index (χ0v) is 19.8. The fourth-order valence-electron chi connectivity index (χ4n) is 5.68. The number of hydrogen-bond donors (Lipinski definition) is 1. The van der Waals surface area contributed by atoms with Crippen LogP contribution in [0.5, 0.6) is 0 Å². The van der Waals surface area contributed by atoms with Gasteiger partial charge in [-0.1, -0.05) is 69.4 Å². The predicted molar refractivity (Wildman–Crippen MR) is 130 cm³/mol. The number of amides is 1. The summed E-state index contributed by atoms with van der Waals surface area (Å²) in [6, 6.07) is 10.8. The first-order valence-corrected chi connectivity index (χ1v) is 12.6. The van der Waals surface area contributed by atoms with E-state index in [1.807, 2.05) is 42.2 Å². The summed E-state index contributed by atoms with van der Waals surface area (Å²) >= 11 is 0. The van der Waals surface area contributed by atoms with Crippen molar-refractivity contribution in [3.8, 4) is 11.3 Å². The molecule has 1 atom stereocenters. The number of rotatable bonds is 7. The lowest BCUT2D eigenvalue weighted by Gasteiger charge is -2.43. The summed E-state index contributed by atoms with van der Waals surface area (Å²) in [6.45, 7) is 3.07. The minimum absolute atomic E-state index is 0.157. The SMILES string of the molecule is CCC(n1cnc(-c2ccccc2)cc1=O)C1(O)CCN(C(=O)CCC2CCCCC2)CC1. The van der Waals surface area contributed by atoms with Crippen LogP contribution in [0.1, 0.15) is 77.2 Å². The van der Waals surface area contributed by atoms with Crippen LogP contribution < -0.4 is 5.56 Å². The van der Waals surface area contributed by atoms with E-state index in [1.54, 1.807) is 17.0 Å². The van der Waals surface area contributed by atoms with Crippen molar-refractivity contribution in [1.29, 1.82) is 0 Å². The smallest absolute Gasteiger partial charge is 0.254 e. The number of carbonyl (C=O) groups excluding carboxylic acids is 1. The molecule has 6 heteroatoms. The Morgan fingerprint density at radius 3 is 2.48 bits per heavy atom. The molecule has 1 aliphatic carbocycles. The van der Waals surface area contributed by atoms with Gasteiger partial charge in [0.2, 0.25) is 5.91 Å². The van der Waals surface area contributed by atoms with E-state index in [2.05, 4.69) is 4.98 Å². The Balaban J connectivity index is 1.39. The number of nitrogens with zero attached hydrogens (tertiary/aromatic N) is 3. The quantitative estimate of drug-likeness (QED) is 0.669. The average Bonchev–Trinajstić information content (AvgIpc) is 2.85. The van der Waals surface area contributed by atoms with Gasteiger partial charge in [-0.25, -0.2) is 4.98 Å². The molecule has 178 valence electrons. The molecule has 1 aromatic heterocycles. The maximum absolute atomic E-state index is 13.0. The topological polar surface area (TPSA) is 75.4 Å². The Morgan fingerprint density at radius 2 is 1.85 bits per heavy atom. The van der Waals surface area contributed by atoms with Gasteiger partial charge < -0.3 is 10.0 Å². The van der Waals surface area contributed by atoms with Gasteiger partial charge in [0.1, 0.15) is 0 Å². The summed E-state index contributed by atoms with van der Waals surface area (Å²) < 4.78 is 1.58. The lowest BCUT2D eigenvalue weighted by molar-refractivity contribution is -0.137. The summed E-state index contributed by atoms with van der Waals surface area (Å²) in [7, 11) is 0. The third-order valence-electron chi connectivity index (χ3n) is 7.72. The van der Waals surface area contributed by atoms with E-state index in [0.29, 0.717) is 50.4 Å². The normalized spacial score (nSPS) is 19.9. The molecular formula is C27H37N3O3. The minimum Gasteiger partial charge on any atom is -0.388 e. The summed E-state index contributed by atoms with van der Waals surface area (Å²) in [5, 5.41) is 11.5. The molecule has 33 heavy (non-hydrogen) atoms. The van der Waals surface area contributed by atoms with E-state index in [4.69, 9.17) is 0 Å². The first kappa shape index (κ1) is 23.7. The molecule has 1 aliphatic heterocycles. The Hall–Kier alpha value is -2.47. The molecule has 2 fully saturated rings. The van der Waals surface area contributed by atoms with Crippen LogP contribution in [0, 0.1) is 5.92 Å².